The molecule has 0 fully saturated rings. The van der Waals surface area contributed by atoms with E-state index in [2.05, 4.69) is 72.8 Å². The summed E-state index contributed by atoms with van der Waals surface area (Å²) in [6.07, 6.45) is 2.75. The van der Waals surface area contributed by atoms with Gasteiger partial charge in [-0.1, -0.05) is 72.8 Å². The van der Waals surface area contributed by atoms with Crippen LogP contribution in [-0.2, 0) is 19.3 Å². The standard InChI is InChI=1S/C24H30N3P/c25-16-13-19-1-7-22(8-2-19)28(23-9-3-20(4-10-23)14-17-26)24-11-5-21(6-12-24)15-18-27/h1-12H,13-18,25-27H2. The van der Waals surface area contributed by atoms with E-state index in [-0.39, 0.29) is 0 Å². The summed E-state index contributed by atoms with van der Waals surface area (Å²) in [6.45, 7) is 2.04. The minimum atomic E-state index is -0.605. The molecule has 0 saturated heterocycles. The van der Waals surface area contributed by atoms with Crippen molar-refractivity contribution >= 4 is 23.8 Å². The molecule has 6 N–H and O–H groups in total. The van der Waals surface area contributed by atoms with E-state index < -0.39 is 7.92 Å². The first kappa shape index (κ1) is 20.7. The maximum absolute atomic E-state index is 5.70. The Morgan fingerprint density at radius 1 is 0.429 bits per heavy atom. The Balaban J connectivity index is 1.97. The molecule has 0 aliphatic carbocycles. The zero-order chi connectivity index (χ0) is 19.8. The zero-order valence-electron chi connectivity index (χ0n) is 16.4. The van der Waals surface area contributed by atoms with Gasteiger partial charge in [-0.3, -0.25) is 0 Å². The van der Waals surface area contributed by atoms with E-state index in [1.54, 1.807) is 0 Å². The molecule has 0 atom stereocenters. The molecule has 3 aromatic carbocycles. The molecule has 0 bridgehead atoms. The summed E-state index contributed by atoms with van der Waals surface area (Å²) in [5.41, 5.74) is 21.0. The van der Waals surface area contributed by atoms with Crippen molar-refractivity contribution < 1.29 is 0 Å². The second kappa shape index (κ2) is 10.5. The van der Waals surface area contributed by atoms with Crippen LogP contribution in [0, 0.1) is 0 Å². The summed E-state index contributed by atoms with van der Waals surface area (Å²) in [5.74, 6) is 0. The third-order valence-electron chi connectivity index (χ3n) is 4.88. The second-order valence-electron chi connectivity index (χ2n) is 6.95. The van der Waals surface area contributed by atoms with Gasteiger partial charge in [0.05, 0.1) is 0 Å². The predicted octanol–water partition coefficient (Wildman–Crippen LogP) is 1.95. The third-order valence-corrected chi connectivity index (χ3v) is 7.33. The molecule has 0 saturated carbocycles. The molecule has 0 aliphatic rings. The van der Waals surface area contributed by atoms with Crippen LogP contribution in [0.5, 0.6) is 0 Å². The second-order valence-corrected chi connectivity index (χ2v) is 9.17. The van der Waals surface area contributed by atoms with E-state index in [0.717, 1.165) is 19.3 Å². The summed E-state index contributed by atoms with van der Waals surface area (Å²) in [7, 11) is -0.605. The van der Waals surface area contributed by atoms with Gasteiger partial charge in [0, 0.05) is 0 Å². The number of benzene rings is 3. The number of hydrogen-bond donors (Lipinski definition) is 3. The van der Waals surface area contributed by atoms with Crippen molar-refractivity contribution in [2.45, 2.75) is 19.3 Å². The normalized spacial score (nSPS) is 11.1. The van der Waals surface area contributed by atoms with Crippen molar-refractivity contribution in [3.8, 4) is 0 Å². The van der Waals surface area contributed by atoms with Gasteiger partial charge in [0.1, 0.15) is 0 Å². The third kappa shape index (κ3) is 5.27. The van der Waals surface area contributed by atoms with Gasteiger partial charge in [0.15, 0.2) is 0 Å². The number of rotatable bonds is 9. The molecule has 0 aliphatic heterocycles. The fourth-order valence-electron chi connectivity index (χ4n) is 3.38. The molecule has 146 valence electrons. The Hall–Kier alpha value is -2.03. The van der Waals surface area contributed by atoms with Gasteiger partial charge in [-0.25, -0.2) is 0 Å². The van der Waals surface area contributed by atoms with Gasteiger partial charge >= 0.3 is 0 Å². The summed E-state index contributed by atoms with van der Waals surface area (Å²) in [5, 5.41) is 4.07. The lowest BCUT2D eigenvalue weighted by Gasteiger charge is -2.20. The molecule has 4 heteroatoms. The van der Waals surface area contributed by atoms with E-state index in [9.17, 15) is 0 Å². The lowest BCUT2D eigenvalue weighted by molar-refractivity contribution is 0.969. The largest absolute Gasteiger partial charge is 0.330 e. The van der Waals surface area contributed by atoms with Crippen LogP contribution >= 0.6 is 7.92 Å². The lowest BCUT2D eigenvalue weighted by atomic mass is 10.1. The summed E-state index contributed by atoms with van der Waals surface area (Å²) >= 11 is 0. The van der Waals surface area contributed by atoms with Crippen molar-refractivity contribution in [3.05, 3.63) is 89.5 Å². The zero-order valence-corrected chi connectivity index (χ0v) is 17.2. The molecule has 0 heterocycles. The Morgan fingerprint density at radius 3 is 0.893 bits per heavy atom. The molecular weight excluding hydrogens is 361 g/mol. The highest BCUT2D eigenvalue weighted by Crippen LogP contribution is 2.33. The quantitative estimate of drug-likeness (QED) is 0.488. The minimum absolute atomic E-state index is 0.605. The fourth-order valence-corrected chi connectivity index (χ4v) is 5.62. The smallest absolute Gasteiger partial charge is 0.00367 e. The number of nitrogens with two attached hydrogens (primary N) is 3. The first-order chi connectivity index (χ1) is 13.7. The van der Waals surface area contributed by atoms with Gasteiger partial charge < -0.3 is 17.2 Å². The van der Waals surface area contributed by atoms with Crippen LogP contribution in [0.4, 0.5) is 0 Å². The SMILES string of the molecule is NCCc1ccc(P(c2ccc(CCN)cc2)c2ccc(CCN)cc2)cc1. The van der Waals surface area contributed by atoms with Crippen LogP contribution in [0.2, 0.25) is 0 Å². The van der Waals surface area contributed by atoms with Gasteiger partial charge in [-0.15, -0.1) is 0 Å². The molecular formula is C24H30N3P. The van der Waals surface area contributed by atoms with E-state index in [4.69, 9.17) is 17.2 Å². The molecule has 3 nitrogen and oxygen atoms in total. The van der Waals surface area contributed by atoms with E-state index in [0.29, 0.717) is 19.6 Å². The van der Waals surface area contributed by atoms with Crippen LogP contribution in [0.15, 0.2) is 72.8 Å². The van der Waals surface area contributed by atoms with Gasteiger partial charge in [0.2, 0.25) is 0 Å². The Labute approximate surface area is 169 Å². The Morgan fingerprint density at radius 2 is 0.679 bits per heavy atom. The molecule has 0 amide bonds. The minimum Gasteiger partial charge on any atom is -0.330 e. The van der Waals surface area contributed by atoms with Crippen LogP contribution < -0.4 is 33.1 Å². The maximum Gasteiger partial charge on any atom is -0.00367 e. The molecule has 3 aromatic rings. The summed E-state index contributed by atoms with van der Waals surface area (Å²) < 4.78 is 0. The van der Waals surface area contributed by atoms with E-state index in [1.807, 2.05) is 0 Å². The van der Waals surface area contributed by atoms with Crippen molar-refractivity contribution in [3.63, 3.8) is 0 Å². The molecule has 0 radical (unpaired) electrons. The molecule has 0 unspecified atom stereocenters. The maximum atomic E-state index is 5.70. The summed E-state index contributed by atoms with van der Waals surface area (Å²) in [4.78, 5) is 0. The highest BCUT2D eigenvalue weighted by Gasteiger charge is 2.16. The van der Waals surface area contributed by atoms with Crippen LogP contribution in [0.1, 0.15) is 16.7 Å². The van der Waals surface area contributed by atoms with Crippen LogP contribution in [-0.4, -0.2) is 19.6 Å². The van der Waals surface area contributed by atoms with Crippen molar-refractivity contribution in [2.24, 2.45) is 17.2 Å². The van der Waals surface area contributed by atoms with Gasteiger partial charge in [-0.2, -0.15) is 0 Å². The van der Waals surface area contributed by atoms with Gasteiger partial charge in [-0.05, 0) is 79.4 Å². The first-order valence-electron chi connectivity index (χ1n) is 9.92. The Kier molecular flexibility index (Phi) is 7.76. The molecule has 28 heavy (non-hydrogen) atoms. The van der Waals surface area contributed by atoms with E-state index in [1.165, 1.54) is 32.6 Å². The molecule has 0 spiro atoms. The van der Waals surface area contributed by atoms with E-state index >= 15 is 0 Å². The highest BCUT2D eigenvalue weighted by molar-refractivity contribution is 7.79. The molecule has 0 aromatic heterocycles. The fraction of sp³-hybridized carbons (Fsp3) is 0.250. The average Bonchev–Trinajstić information content (AvgIpc) is 2.73. The summed E-state index contributed by atoms with van der Waals surface area (Å²) in [6, 6.07) is 26.8. The lowest BCUT2D eigenvalue weighted by Crippen LogP contribution is -2.21. The average molecular weight is 391 g/mol. The van der Waals surface area contributed by atoms with Crippen molar-refractivity contribution in [1.29, 1.82) is 0 Å². The highest BCUT2D eigenvalue weighted by atomic mass is 31.1. The van der Waals surface area contributed by atoms with Gasteiger partial charge in [0.25, 0.3) is 0 Å². The number of hydrogen-bond acceptors (Lipinski definition) is 3. The molecule has 3 rings (SSSR count). The first-order valence-corrected chi connectivity index (χ1v) is 11.3. The van der Waals surface area contributed by atoms with Crippen LogP contribution in [0.25, 0.3) is 0 Å². The van der Waals surface area contributed by atoms with Crippen molar-refractivity contribution in [2.75, 3.05) is 19.6 Å². The Bertz CT molecular complexity index is 725. The predicted molar refractivity (Wildman–Crippen MR) is 123 cm³/mol. The topological polar surface area (TPSA) is 78.1 Å². The monoisotopic (exact) mass is 391 g/mol. The van der Waals surface area contributed by atoms with Crippen molar-refractivity contribution in [1.82, 2.24) is 0 Å². The van der Waals surface area contributed by atoms with Crippen LogP contribution in [0.3, 0.4) is 0 Å².